The van der Waals surface area contributed by atoms with E-state index in [2.05, 4.69) is 14.7 Å². The highest BCUT2D eigenvalue weighted by atomic mass is 32.2. The van der Waals surface area contributed by atoms with Crippen molar-refractivity contribution in [1.29, 1.82) is 0 Å². The summed E-state index contributed by atoms with van der Waals surface area (Å²) in [4.78, 5) is 8.15. The second-order valence-corrected chi connectivity index (χ2v) is 6.07. The molecule has 8 heteroatoms. The van der Waals surface area contributed by atoms with Gasteiger partial charge < -0.3 is 9.47 Å². The zero-order chi connectivity index (χ0) is 16.0. The normalized spacial score (nSPS) is 11.2. The van der Waals surface area contributed by atoms with Gasteiger partial charge >= 0.3 is 0 Å². The number of rotatable bonds is 7. The Labute approximate surface area is 129 Å². The first-order valence-corrected chi connectivity index (χ1v) is 8.04. The van der Waals surface area contributed by atoms with Gasteiger partial charge in [-0.1, -0.05) is 18.2 Å². The van der Waals surface area contributed by atoms with Crippen LogP contribution < -0.4 is 9.46 Å². The maximum Gasteiger partial charge on any atom is 0.263 e. The van der Waals surface area contributed by atoms with Crippen LogP contribution in [0.25, 0.3) is 0 Å². The van der Waals surface area contributed by atoms with Crippen LogP contribution in [0, 0.1) is 6.92 Å². The van der Waals surface area contributed by atoms with E-state index in [1.165, 1.54) is 18.5 Å². The number of nitrogens with one attached hydrogen (secondary N) is 1. The Balaban J connectivity index is 2.25. The number of benzene rings is 1. The minimum absolute atomic E-state index is 0.0434. The molecule has 2 rings (SSSR count). The number of nitrogens with zero attached hydrogens (tertiary/aromatic N) is 2. The molecule has 1 aromatic heterocycles. The molecule has 118 valence electrons. The standard InChI is InChI=1S/C14H17N3O4S/c1-11-5-3-4-6-12(11)22(18,19)17-13-14(16-8-7-15-13)21-10-9-20-2/h3-8H,9-10H2,1-2H3,(H,15,17). The van der Waals surface area contributed by atoms with Gasteiger partial charge in [-0.15, -0.1) is 0 Å². The molecule has 7 nitrogen and oxygen atoms in total. The van der Waals surface area contributed by atoms with Crippen molar-refractivity contribution in [2.45, 2.75) is 11.8 Å². The van der Waals surface area contributed by atoms with Crippen molar-refractivity contribution in [3.8, 4) is 5.88 Å². The molecule has 0 aliphatic heterocycles. The molecule has 0 amide bonds. The van der Waals surface area contributed by atoms with Crippen LogP contribution in [0.3, 0.4) is 0 Å². The van der Waals surface area contributed by atoms with Crippen molar-refractivity contribution in [2.24, 2.45) is 0 Å². The SMILES string of the molecule is COCCOc1nccnc1NS(=O)(=O)c1ccccc1C. The molecule has 1 heterocycles. The second-order valence-electron chi connectivity index (χ2n) is 4.42. The molecule has 0 aliphatic carbocycles. The van der Waals surface area contributed by atoms with Crippen LogP contribution in [0.15, 0.2) is 41.6 Å². The van der Waals surface area contributed by atoms with Crippen LogP contribution in [0.5, 0.6) is 5.88 Å². The quantitative estimate of drug-likeness (QED) is 0.779. The number of hydrogen-bond acceptors (Lipinski definition) is 6. The number of aryl methyl sites for hydroxylation is 1. The zero-order valence-electron chi connectivity index (χ0n) is 12.3. The number of anilines is 1. The van der Waals surface area contributed by atoms with Gasteiger partial charge in [0.1, 0.15) is 6.61 Å². The van der Waals surface area contributed by atoms with E-state index in [1.54, 1.807) is 32.2 Å². The number of sulfonamides is 1. The molecule has 0 radical (unpaired) electrons. The van der Waals surface area contributed by atoms with Gasteiger partial charge in [-0.25, -0.2) is 18.4 Å². The molecule has 0 saturated heterocycles. The Bertz CT molecular complexity index is 734. The Morgan fingerprint density at radius 2 is 1.86 bits per heavy atom. The first-order chi connectivity index (χ1) is 10.5. The van der Waals surface area contributed by atoms with Gasteiger partial charge in [0.05, 0.1) is 11.5 Å². The van der Waals surface area contributed by atoms with Crippen LogP contribution in [-0.4, -0.2) is 38.7 Å². The van der Waals surface area contributed by atoms with E-state index in [0.29, 0.717) is 12.2 Å². The maximum absolute atomic E-state index is 12.4. The summed E-state index contributed by atoms with van der Waals surface area (Å²) in [5.74, 6) is 0.151. The average Bonchev–Trinajstić information content (AvgIpc) is 2.49. The number of methoxy groups -OCH3 is 1. The Morgan fingerprint density at radius 1 is 1.14 bits per heavy atom. The van der Waals surface area contributed by atoms with Crippen molar-refractivity contribution < 1.29 is 17.9 Å². The number of hydrogen-bond donors (Lipinski definition) is 1. The molecule has 0 fully saturated rings. The lowest BCUT2D eigenvalue weighted by Gasteiger charge is -2.12. The molecule has 0 aliphatic rings. The third kappa shape index (κ3) is 3.92. The summed E-state index contributed by atoms with van der Waals surface area (Å²) in [6.45, 7) is 2.33. The van der Waals surface area contributed by atoms with Gasteiger partial charge in [0, 0.05) is 19.5 Å². The van der Waals surface area contributed by atoms with Crippen molar-refractivity contribution in [2.75, 3.05) is 25.0 Å². The molecular formula is C14H17N3O4S. The smallest absolute Gasteiger partial charge is 0.263 e. The van der Waals surface area contributed by atoms with Crippen molar-refractivity contribution in [1.82, 2.24) is 9.97 Å². The maximum atomic E-state index is 12.4. The summed E-state index contributed by atoms with van der Waals surface area (Å²) in [6, 6.07) is 6.69. The third-order valence-electron chi connectivity index (χ3n) is 2.81. The summed E-state index contributed by atoms with van der Waals surface area (Å²) in [6.07, 6.45) is 2.81. The lowest BCUT2D eigenvalue weighted by molar-refractivity contribution is 0.144. The summed E-state index contributed by atoms with van der Waals surface area (Å²) in [5.41, 5.74) is 0.640. The lowest BCUT2D eigenvalue weighted by atomic mass is 10.2. The van der Waals surface area contributed by atoms with Crippen molar-refractivity contribution in [3.05, 3.63) is 42.2 Å². The molecule has 1 N–H and O–H groups in total. The molecule has 0 unspecified atom stereocenters. The highest BCUT2D eigenvalue weighted by Crippen LogP contribution is 2.23. The van der Waals surface area contributed by atoms with Gasteiger partial charge in [-0.05, 0) is 18.6 Å². The summed E-state index contributed by atoms with van der Waals surface area (Å²) >= 11 is 0. The summed E-state index contributed by atoms with van der Waals surface area (Å²) < 4.78 is 37.5. The Kier molecular flexibility index (Phi) is 5.29. The fourth-order valence-corrected chi connectivity index (χ4v) is 3.02. The van der Waals surface area contributed by atoms with Gasteiger partial charge in [0.25, 0.3) is 15.9 Å². The predicted molar refractivity (Wildman–Crippen MR) is 81.4 cm³/mol. The van der Waals surface area contributed by atoms with E-state index >= 15 is 0 Å². The van der Waals surface area contributed by atoms with Gasteiger partial charge in [0.15, 0.2) is 0 Å². The number of aromatic nitrogens is 2. The highest BCUT2D eigenvalue weighted by molar-refractivity contribution is 7.92. The second kappa shape index (κ2) is 7.19. The van der Waals surface area contributed by atoms with E-state index in [1.807, 2.05) is 0 Å². The molecule has 2 aromatic rings. The third-order valence-corrected chi connectivity index (χ3v) is 4.30. The van der Waals surface area contributed by atoms with E-state index in [4.69, 9.17) is 9.47 Å². The largest absolute Gasteiger partial charge is 0.473 e. The predicted octanol–water partition coefficient (Wildman–Crippen LogP) is 1.61. The lowest BCUT2D eigenvalue weighted by Crippen LogP contribution is -2.17. The summed E-state index contributed by atoms with van der Waals surface area (Å²) in [7, 11) is -2.22. The van der Waals surface area contributed by atoms with Gasteiger partial charge in [0.2, 0.25) is 5.82 Å². The van der Waals surface area contributed by atoms with E-state index in [0.717, 1.165) is 0 Å². The zero-order valence-corrected chi connectivity index (χ0v) is 13.1. The van der Waals surface area contributed by atoms with Crippen LogP contribution in [0.1, 0.15) is 5.56 Å². The fourth-order valence-electron chi connectivity index (χ4n) is 1.76. The van der Waals surface area contributed by atoms with Crippen LogP contribution >= 0.6 is 0 Å². The molecule has 1 aromatic carbocycles. The topological polar surface area (TPSA) is 90.4 Å². The first-order valence-electron chi connectivity index (χ1n) is 6.56. The molecule has 0 bridgehead atoms. The van der Waals surface area contributed by atoms with Gasteiger partial charge in [-0.3, -0.25) is 4.72 Å². The highest BCUT2D eigenvalue weighted by Gasteiger charge is 2.19. The van der Waals surface area contributed by atoms with Crippen molar-refractivity contribution >= 4 is 15.8 Å². The Morgan fingerprint density at radius 3 is 2.59 bits per heavy atom. The molecular weight excluding hydrogens is 306 g/mol. The molecule has 0 atom stereocenters. The number of ether oxygens (including phenoxy) is 2. The van der Waals surface area contributed by atoms with Gasteiger partial charge in [-0.2, -0.15) is 0 Å². The van der Waals surface area contributed by atoms with Crippen LogP contribution in [0.4, 0.5) is 5.82 Å². The monoisotopic (exact) mass is 323 g/mol. The van der Waals surface area contributed by atoms with E-state index < -0.39 is 10.0 Å². The molecule has 0 saturated carbocycles. The fraction of sp³-hybridized carbons (Fsp3) is 0.286. The van der Waals surface area contributed by atoms with Crippen LogP contribution in [-0.2, 0) is 14.8 Å². The van der Waals surface area contributed by atoms with E-state index in [-0.39, 0.29) is 23.2 Å². The van der Waals surface area contributed by atoms with Crippen LogP contribution in [0.2, 0.25) is 0 Å². The minimum Gasteiger partial charge on any atom is -0.473 e. The molecule has 0 spiro atoms. The Hall–Kier alpha value is -2.19. The molecule has 22 heavy (non-hydrogen) atoms. The van der Waals surface area contributed by atoms with E-state index in [9.17, 15) is 8.42 Å². The van der Waals surface area contributed by atoms with Crippen molar-refractivity contribution in [3.63, 3.8) is 0 Å². The average molecular weight is 323 g/mol. The first kappa shape index (κ1) is 16.2. The minimum atomic E-state index is -3.76. The summed E-state index contributed by atoms with van der Waals surface area (Å²) in [5, 5.41) is 0.